The maximum atomic E-state index is 12.2. The zero-order chi connectivity index (χ0) is 15.6. The van der Waals surface area contributed by atoms with Gasteiger partial charge in [0.25, 0.3) is 5.91 Å². The zero-order valence-electron chi connectivity index (χ0n) is 10.4. The number of carboxylic acids is 1. The van der Waals surface area contributed by atoms with Crippen LogP contribution in [0, 0.1) is 0 Å². The van der Waals surface area contributed by atoms with Gasteiger partial charge in [-0.1, -0.05) is 27.5 Å². The van der Waals surface area contributed by atoms with Crippen molar-refractivity contribution >= 4 is 61.0 Å². The third-order valence-corrected chi connectivity index (χ3v) is 4.35. The van der Waals surface area contributed by atoms with E-state index in [1.165, 1.54) is 12.1 Å². The number of nitrogens with one attached hydrogen (secondary N) is 1. The zero-order valence-corrected chi connectivity index (χ0v) is 14.3. The molecule has 0 aromatic heterocycles. The van der Waals surface area contributed by atoms with Crippen molar-refractivity contribution in [2.45, 2.75) is 0 Å². The largest absolute Gasteiger partial charge is 0.478 e. The van der Waals surface area contributed by atoms with Crippen LogP contribution in [0.4, 0.5) is 5.69 Å². The van der Waals surface area contributed by atoms with Crippen LogP contribution >= 0.6 is 43.5 Å². The van der Waals surface area contributed by atoms with Gasteiger partial charge < -0.3 is 10.4 Å². The summed E-state index contributed by atoms with van der Waals surface area (Å²) in [6.45, 7) is 0. The Balaban J connectivity index is 2.31. The van der Waals surface area contributed by atoms with E-state index in [2.05, 4.69) is 37.2 Å². The number of halogens is 3. The number of carbonyl (C=O) groups is 2. The molecule has 2 aromatic carbocycles. The minimum Gasteiger partial charge on any atom is -0.478 e. The molecular weight excluding hydrogens is 425 g/mol. The summed E-state index contributed by atoms with van der Waals surface area (Å²) in [4.78, 5) is 23.4. The Morgan fingerprint density at radius 1 is 1.10 bits per heavy atom. The van der Waals surface area contributed by atoms with Crippen LogP contribution in [0.15, 0.2) is 45.3 Å². The van der Waals surface area contributed by atoms with Gasteiger partial charge in [-0.15, -0.1) is 0 Å². The van der Waals surface area contributed by atoms with Gasteiger partial charge in [0, 0.05) is 14.5 Å². The molecule has 0 heterocycles. The molecule has 0 aliphatic heterocycles. The summed E-state index contributed by atoms with van der Waals surface area (Å²) in [6.07, 6.45) is 0. The number of hydrogen-bond acceptors (Lipinski definition) is 2. The minimum absolute atomic E-state index is 0.00533. The number of hydrogen-bond donors (Lipinski definition) is 2. The second-order valence-corrected chi connectivity index (χ2v) is 6.26. The molecule has 0 saturated carbocycles. The third kappa shape index (κ3) is 3.84. The molecule has 0 spiro atoms. The van der Waals surface area contributed by atoms with E-state index in [-0.39, 0.29) is 11.3 Å². The molecule has 0 unspecified atom stereocenters. The van der Waals surface area contributed by atoms with Gasteiger partial charge in [-0.25, -0.2) is 4.79 Å². The van der Waals surface area contributed by atoms with Crippen LogP contribution in [-0.4, -0.2) is 17.0 Å². The quantitative estimate of drug-likeness (QED) is 0.730. The molecular formula is C14H8Br2ClNO3. The predicted octanol–water partition coefficient (Wildman–Crippen LogP) is 4.82. The number of benzene rings is 2. The molecule has 2 N–H and O–H groups in total. The van der Waals surface area contributed by atoms with Crippen LogP contribution in [0.3, 0.4) is 0 Å². The van der Waals surface area contributed by atoms with Crippen LogP contribution < -0.4 is 5.32 Å². The fourth-order valence-electron chi connectivity index (χ4n) is 1.63. The Labute approximate surface area is 142 Å². The molecule has 7 heteroatoms. The fourth-order valence-corrected chi connectivity index (χ4v) is 2.49. The van der Waals surface area contributed by atoms with Gasteiger partial charge in [0.2, 0.25) is 0 Å². The van der Waals surface area contributed by atoms with Crippen molar-refractivity contribution in [1.82, 2.24) is 0 Å². The highest BCUT2D eigenvalue weighted by Gasteiger charge is 2.14. The lowest BCUT2D eigenvalue weighted by Crippen LogP contribution is -2.14. The first-order chi connectivity index (χ1) is 9.88. The van der Waals surface area contributed by atoms with Gasteiger partial charge >= 0.3 is 5.97 Å². The number of rotatable bonds is 3. The SMILES string of the molecule is O=C(Nc1ccc(Br)cc1C(=O)O)c1ccc(Cl)c(Br)c1. The number of aromatic carboxylic acids is 1. The summed E-state index contributed by atoms with van der Waals surface area (Å²) in [5, 5.41) is 12.2. The summed E-state index contributed by atoms with van der Waals surface area (Å²) >= 11 is 12.3. The highest BCUT2D eigenvalue weighted by atomic mass is 79.9. The summed E-state index contributed by atoms with van der Waals surface area (Å²) in [7, 11) is 0. The Morgan fingerprint density at radius 3 is 2.43 bits per heavy atom. The number of carbonyl (C=O) groups excluding carboxylic acids is 1. The Bertz CT molecular complexity index is 734. The molecule has 0 aliphatic rings. The molecule has 0 atom stereocenters. The maximum absolute atomic E-state index is 12.2. The molecule has 0 aliphatic carbocycles. The maximum Gasteiger partial charge on any atom is 0.337 e. The van der Waals surface area contributed by atoms with Crippen LogP contribution in [0.5, 0.6) is 0 Å². The van der Waals surface area contributed by atoms with E-state index in [4.69, 9.17) is 16.7 Å². The summed E-state index contributed by atoms with van der Waals surface area (Å²) in [5.41, 5.74) is 0.595. The molecule has 21 heavy (non-hydrogen) atoms. The first kappa shape index (κ1) is 16.0. The first-order valence-corrected chi connectivity index (χ1v) is 7.64. The van der Waals surface area contributed by atoms with Crippen LogP contribution in [0.1, 0.15) is 20.7 Å². The lowest BCUT2D eigenvalue weighted by molar-refractivity contribution is 0.0698. The van der Waals surface area contributed by atoms with E-state index in [9.17, 15) is 9.59 Å². The van der Waals surface area contributed by atoms with E-state index in [0.717, 1.165) is 0 Å². The van der Waals surface area contributed by atoms with Gasteiger partial charge in [0.15, 0.2) is 0 Å². The molecule has 0 fully saturated rings. The Morgan fingerprint density at radius 2 is 1.81 bits per heavy atom. The van der Waals surface area contributed by atoms with E-state index in [1.54, 1.807) is 24.3 Å². The Kier molecular flexibility index (Phi) is 5.03. The van der Waals surface area contributed by atoms with Crippen molar-refractivity contribution in [3.8, 4) is 0 Å². The summed E-state index contributed by atoms with van der Waals surface area (Å²) < 4.78 is 1.21. The second kappa shape index (κ2) is 6.60. The molecule has 1 amide bonds. The molecule has 0 bridgehead atoms. The second-order valence-electron chi connectivity index (χ2n) is 4.08. The molecule has 0 radical (unpaired) electrons. The lowest BCUT2D eigenvalue weighted by atomic mass is 10.1. The van der Waals surface area contributed by atoms with Crippen molar-refractivity contribution < 1.29 is 14.7 Å². The molecule has 2 rings (SSSR count). The standard InChI is InChI=1S/C14H8Br2ClNO3/c15-8-2-4-12(9(6-8)14(20)21)18-13(19)7-1-3-11(17)10(16)5-7/h1-6H,(H,18,19)(H,20,21). The van der Waals surface area contributed by atoms with Crippen molar-refractivity contribution in [2.75, 3.05) is 5.32 Å². The molecule has 0 saturated heterocycles. The van der Waals surface area contributed by atoms with Crippen molar-refractivity contribution in [2.24, 2.45) is 0 Å². The van der Waals surface area contributed by atoms with Gasteiger partial charge in [-0.3, -0.25) is 4.79 Å². The highest BCUT2D eigenvalue weighted by molar-refractivity contribution is 9.10. The number of amides is 1. The topological polar surface area (TPSA) is 66.4 Å². The lowest BCUT2D eigenvalue weighted by Gasteiger charge is -2.09. The van der Waals surface area contributed by atoms with Gasteiger partial charge in [-0.2, -0.15) is 0 Å². The van der Waals surface area contributed by atoms with Gasteiger partial charge in [-0.05, 0) is 52.3 Å². The predicted molar refractivity (Wildman–Crippen MR) is 88.2 cm³/mol. The number of carboxylic acid groups (broad SMARTS) is 1. The third-order valence-electron chi connectivity index (χ3n) is 2.64. The molecule has 2 aromatic rings. The van der Waals surface area contributed by atoms with Crippen LogP contribution in [-0.2, 0) is 0 Å². The van der Waals surface area contributed by atoms with Crippen molar-refractivity contribution in [3.63, 3.8) is 0 Å². The van der Waals surface area contributed by atoms with Gasteiger partial charge in [0.05, 0.1) is 16.3 Å². The average Bonchev–Trinajstić information content (AvgIpc) is 2.43. The van der Waals surface area contributed by atoms with Crippen molar-refractivity contribution in [3.05, 3.63) is 61.5 Å². The first-order valence-electron chi connectivity index (χ1n) is 5.67. The number of anilines is 1. The van der Waals surface area contributed by atoms with E-state index >= 15 is 0 Å². The summed E-state index contributed by atoms with van der Waals surface area (Å²) in [6, 6.07) is 9.31. The van der Waals surface area contributed by atoms with Crippen molar-refractivity contribution in [1.29, 1.82) is 0 Å². The average molecular weight is 433 g/mol. The monoisotopic (exact) mass is 431 g/mol. The molecule has 108 valence electrons. The highest BCUT2D eigenvalue weighted by Crippen LogP contribution is 2.25. The smallest absolute Gasteiger partial charge is 0.337 e. The van der Waals surface area contributed by atoms with Gasteiger partial charge in [0.1, 0.15) is 0 Å². The van der Waals surface area contributed by atoms with Crippen LogP contribution in [0.25, 0.3) is 0 Å². The Hall–Kier alpha value is -1.37. The van der Waals surface area contributed by atoms with E-state index in [1.807, 2.05) is 0 Å². The minimum atomic E-state index is -1.12. The molecule has 4 nitrogen and oxygen atoms in total. The normalized spacial score (nSPS) is 10.2. The van der Waals surface area contributed by atoms with E-state index < -0.39 is 11.9 Å². The fraction of sp³-hybridized carbons (Fsp3) is 0. The summed E-state index contributed by atoms with van der Waals surface area (Å²) in [5.74, 6) is -1.54. The van der Waals surface area contributed by atoms with E-state index in [0.29, 0.717) is 19.5 Å². The van der Waals surface area contributed by atoms with Crippen LogP contribution in [0.2, 0.25) is 5.02 Å².